The van der Waals surface area contributed by atoms with Gasteiger partial charge in [-0.05, 0) is 43.8 Å². The van der Waals surface area contributed by atoms with Crippen LogP contribution in [0.3, 0.4) is 0 Å². The lowest BCUT2D eigenvalue weighted by Gasteiger charge is -2.03. The van der Waals surface area contributed by atoms with Crippen LogP contribution in [0.4, 0.5) is 5.69 Å². The highest BCUT2D eigenvalue weighted by Gasteiger charge is 2.03. The van der Waals surface area contributed by atoms with Gasteiger partial charge in [0.2, 0.25) is 0 Å². The second-order valence-electron chi connectivity index (χ2n) is 3.70. The fourth-order valence-corrected chi connectivity index (χ4v) is 2.21. The van der Waals surface area contributed by atoms with Gasteiger partial charge >= 0.3 is 0 Å². The first-order chi connectivity index (χ1) is 8.24. The highest BCUT2D eigenvalue weighted by Crippen LogP contribution is 2.21. The second kappa shape index (κ2) is 8.08. The third-order valence-electron chi connectivity index (χ3n) is 2.24. The van der Waals surface area contributed by atoms with Gasteiger partial charge in [0.15, 0.2) is 0 Å². The van der Waals surface area contributed by atoms with Crippen LogP contribution in [0.15, 0.2) is 29.2 Å². The third-order valence-corrected chi connectivity index (χ3v) is 3.34. The Balaban J connectivity index is 2.21. The lowest BCUT2D eigenvalue weighted by molar-refractivity contribution is -0.384. The van der Waals surface area contributed by atoms with E-state index in [0.717, 1.165) is 36.6 Å². The second-order valence-corrected chi connectivity index (χ2v) is 4.87. The van der Waals surface area contributed by atoms with Crippen LogP contribution >= 0.6 is 11.8 Å². The van der Waals surface area contributed by atoms with E-state index in [0.29, 0.717) is 0 Å². The molecule has 1 aromatic rings. The largest absolute Gasteiger partial charge is 0.317 e. The number of benzene rings is 1. The van der Waals surface area contributed by atoms with Gasteiger partial charge in [0.1, 0.15) is 0 Å². The molecule has 0 fully saturated rings. The van der Waals surface area contributed by atoms with Crippen LogP contribution in [0.1, 0.15) is 19.8 Å². The third kappa shape index (κ3) is 5.70. The molecule has 0 saturated carbocycles. The summed E-state index contributed by atoms with van der Waals surface area (Å²) < 4.78 is 0. The maximum atomic E-state index is 10.5. The minimum Gasteiger partial charge on any atom is -0.317 e. The molecular formula is C12H18N2O2S. The minimum absolute atomic E-state index is 0.152. The average Bonchev–Trinajstić information content (AvgIpc) is 2.34. The molecule has 1 N–H and O–H groups in total. The SMILES string of the molecule is CCCNCCCSc1ccc([N+](=O)[O-])cc1. The summed E-state index contributed by atoms with van der Waals surface area (Å²) in [6.45, 7) is 4.26. The van der Waals surface area contributed by atoms with E-state index in [2.05, 4.69) is 12.2 Å². The summed E-state index contributed by atoms with van der Waals surface area (Å²) in [5, 5.41) is 13.8. The van der Waals surface area contributed by atoms with Gasteiger partial charge in [-0.3, -0.25) is 10.1 Å². The molecule has 5 heteroatoms. The van der Waals surface area contributed by atoms with E-state index in [1.54, 1.807) is 23.9 Å². The Morgan fingerprint density at radius 2 is 2.00 bits per heavy atom. The van der Waals surface area contributed by atoms with Crippen molar-refractivity contribution in [2.24, 2.45) is 0 Å². The molecular weight excluding hydrogens is 236 g/mol. The molecule has 0 aliphatic heterocycles. The van der Waals surface area contributed by atoms with Crippen LogP contribution in [0.25, 0.3) is 0 Å². The molecule has 1 aromatic carbocycles. The molecule has 0 aromatic heterocycles. The number of nitrogens with zero attached hydrogens (tertiary/aromatic N) is 1. The average molecular weight is 254 g/mol. The van der Waals surface area contributed by atoms with Gasteiger partial charge in [0.05, 0.1) is 4.92 Å². The van der Waals surface area contributed by atoms with Crippen LogP contribution in [0, 0.1) is 10.1 Å². The summed E-state index contributed by atoms with van der Waals surface area (Å²) in [4.78, 5) is 11.2. The van der Waals surface area contributed by atoms with E-state index in [1.807, 2.05) is 12.1 Å². The number of thioether (sulfide) groups is 1. The van der Waals surface area contributed by atoms with E-state index in [-0.39, 0.29) is 10.6 Å². The minimum atomic E-state index is -0.372. The molecule has 0 amide bonds. The smallest absolute Gasteiger partial charge is 0.269 e. The van der Waals surface area contributed by atoms with Crippen molar-refractivity contribution in [3.63, 3.8) is 0 Å². The summed E-state index contributed by atoms with van der Waals surface area (Å²) >= 11 is 1.74. The van der Waals surface area contributed by atoms with Crippen molar-refractivity contribution in [1.82, 2.24) is 5.32 Å². The van der Waals surface area contributed by atoms with Crippen molar-refractivity contribution in [3.8, 4) is 0 Å². The molecule has 1 rings (SSSR count). The van der Waals surface area contributed by atoms with Crippen molar-refractivity contribution in [1.29, 1.82) is 0 Å². The lowest BCUT2D eigenvalue weighted by atomic mass is 10.3. The predicted octanol–water partition coefficient (Wildman–Crippen LogP) is 3.08. The summed E-state index contributed by atoms with van der Waals surface area (Å²) in [7, 11) is 0. The van der Waals surface area contributed by atoms with Gasteiger partial charge in [-0.2, -0.15) is 0 Å². The Bertz CT molecular complexity index is 341. The van der Waals surface area contributed by atoms with Crippen LogP contribution < -0.4 is 5.32 Å². The van der Waals surface area contributed by atoms with Gasteiger partial charge in [-0.25, -0.2) is 0 Å². The van der Waals surface area contributed by atoms with Gasteiger partial charge < -0.3 is 5.32 Å². The standard InChI is InChI=1S/C12H18N2O2S/c1-2-8-13-9-3-10-17-12-6-4-11(5-7-12)14(15)16/h4-7,13H,2-3,8-10H2,1H3. The van der Waals surface area contributed by atoms with Gasteiger partial charge in [0.25, 0.3) is 5.69 Å². The van der Waals surface area contributed by atoms with Crippen molar-refractivity contribution < 1.29 is 4.92 Å². The zero-order valence-corrected chi connectivity index (χ0v) is 10.8. The number of hydrogen-bond donors (Lipinski definition) is 1. The fourth-order valence-electron chi connectivity index (χ4n) is 1.35. The Hall–Kier alpha value is -1.07. The predicted molar refractivity (Wildman–Crippen MR) is 71.6 cm³/mol. The number of rotatable bonds is 8. The quantitative estimate of drug-likeness (QED) is 0.335. The zero-order valence-electron chi connectivity index (χ0n) is 10.0. The molecule has 0 aliphatic carbocycles. The summed E-state index contributed by atoms with van der Waals surface area (Å²) in [6, 6.07) is 6.72. The maximum Gasteiger partial charge on any atom is 0.269 e. The Kier molecular flexibility index (Phi) is 6.65. The van der Waals surface area contributed by atoms with E-state index >= 15 is 0 Å². The molecule has 17 heavy (non-hydrogen) atoms. The number of nitro groups is 1. The maximum absolute atomic E-state index is 10.5. The van der Waals surface area contributed by atoms with Crippen molar-refractivity contribution in [2.75, 3.05) is 18.8 Å². The molecule has 0 atom stereocenters. The number of nitrogens with one attached hydrogen (secondary N) is 1. The molecule has 0 unspecified atom stereocenters. The highest BCUT2D eigenvalue weighted by molar-refractivity contribution is 7.99. The summed E-state index contributed by atoms with van der Waals surface area (Å²) in [5.41, 5.74) is 0.152. The van der Waals surface area contributed by atoms with E-state index in [1.165, 1.54) is 0 Å². The van der Waals surface area contributed by atoms with Gasteiger partial charge in [0, 0.05) is 17.0 Å². The van der Waals surface area contributed by atoms with Crippen LogP contribution in [-0.4, -0.2) is 23.8 Å². The summed E-state index contributed by atoms with van der Waals surface area (Å²) in [5.74, 6) is 1.04. The van der Waals surface area contributed by atoms with Crippen LogP contribution in [0.2, 0.25) is 0 Å². The molecule has 0 spiro atoms. The van der Waals surface area contributed by atoms with E-state index in [4.69, 9.17) is 0 Å². The Labute approximate surface area is 106 Å². The van der Waals surface area contributed by atoms with Crippen molar-refractivity contribution in [3.05, 3.63) is 34.4 Å². The topological polar surface area (TPSA) is 55.2 Å². The van der Waals surface area contributed by atoms with Crippen molar-refractivity contribution >= 4 is 17.4 Å². The van der Waals surface area contributed by atoms with E-state index < -0.39 is 0 Å². The molecule has 4 nitrogen and oxygen atoms in total. The number of non-ortho nitro benzene ring substituents is 1. The summed E-state index contributed by atoms with van der Waals surface area (Å²) in [6.07, 6.45) is 2.27. The normalized spacial score (nSPS) is 10.4. The molecule has 94 valence electrons. The molecule has 0 radical (unpaired) electrons. The first-order valence-electron chi connectivity index (χ1n) is 5.82. The fraction of sp³-hybridized carbons (Fsp3) is 0.500. The molecule has 0 aliphatic rings. The van der Waals surface area contributed by atoms with Crippen LogP contribution in [0.5, 0.6) is 0 Å². The molecule has 0 bridgehead atoms. The Morgan fingerprint density at radius 1 is 1.29 bits per heavy atom. The highest BCUT2D eigenvalue weighted by atomic mass is 32.2. The molecule has 0 saturated heterocycles. The van der Waals surface area contributed by atoms with Gasteiger partial charge in [-0.15, -0.1) is 11.8 Å². The first-order valence-corrected chi connectivity index (χ1v) is 6.80. The monoisotopic (exact) mass is 254 g/mol. The van der Waals surface area contributed by atoms with Crippen molar-refractivity contribution in [2.45, 2.75) is 24.7 Å². The zero-order chi connectivity index (χ0) is 12.5. The lowest BCUT2D eigenvalue weighted by Crippen LogP contribution is -2.16. The van der Waals surface area contributed by atoms with Gasteiger partial charge in [-0.1, -0.05) is 6.92 Å². The number of nitro benzene ring substituents is 1. The number of hydrogen-bond acceptors (Lipinski definition) is 4. The first kappa shape index (κ1) is 14.0. The molecule has 0 heterocycles. The Morgan fingerprint density at radius 3 is 2.59 bits per heavy atom. The van der Waals surface area contributed by atoms with Crippen LogP contribution in [-0.2, 0) is 0 Å². The van der Waals surface area contributed by atoms with E-state index in [9.17, 15) is 10.1 Å².